The molecule has 0 spiro atoms. The van der Waals surface area contributed by atoms with E-state index >= 15 is 0 Å². The SMILES string of the molecule is NC(=O)CSc1cc(=Nc2ccccc2)ss1. The van der Waals surface area contributed by atoms with Gasteiger partial charge in [0.05, 0.1) is 15.6 Å². The molecule has 1 heterocycles. The van der Waals surface area contributed by atoms with Gasteiger partial charge in [-0.2, -0.15) is 0 Å². The summed E-state index contributed by atoms with van der Waals surface area (Å²) in [5.74, 6) is 0.0211. The van der Waals surface area contributed by atoms with Crippen molar-refractivity contribution in [2.45, 2.75) is 4.21 Å². The van der Waals surface area contributed by atoms with Crippen LogP contribution in [-0.2, 0) is 4.79 Å². The van der Waals surface area contributed by atoms with Crippen LogP contribution < -0.4 is 10.4 Å². The number of para-hydroxylation sites is 1. The minimum Gasteiger partial charge on any atom is -0.369 e. The Labute approximate surface area is 110 Å². The monoisotopic (exact) mass is 282 g/mol. The maximum atomic E-state index is 10.7. The Balaban J connectivity index is 2.13. The Hall–Kier alpha value is -1.11. The van der Waals surface area contributed by atoms with Gasteiger partial charge in [0.25, 0.3) is 0 Å². The molecule has 0 saturated heterocycles. The maximum Gasteiger partial charge on any atom is 0.227 e. The predicted molar refractivity (Wildman–Crippen MR) is 73.8 cm³/mol. The van der Waals surface area contributed by atoms with E-state index in [4.69, 9.17) is 5.73 Å². The lowest BCUT2D eigenvalue weighted by Crippen LogP contribution is -2.12. The predicted octanol–water partition coefficient (Wildman–Crippen LogP) is 2.62. The molecule has 17 heavy (non-hydrogen) atoms. The second kappa shape index (κ2) is 6.00. The van der Waals surface area contributed by atoms with E-state index in [2.05, 4.69) is 4.99 Å². The third-order valence-corrected chi connectivity index (χ3v) is 5.60. The quantitative estimate of drug-likeness (QED) is 0.692. The van der Waals surface area contributed by atoms with Gasteiger partial charge in [-0.1, -0.05) is 38.9 Å². The van der Waals surface area contributed by atoms with Crippen LogP contribution in [0.15, 0.2) is 45.6 Å². The Morgan fingerprint density at radius 3 is 2.76 bits per heavy atom. The van der Waals surface area contributed by atoms with E-state index in [1.807, 2.05) is 36.4 Å². The molecule has 2 rings (SSSR count). The Morgan fingerprint density at radius 1 is 1.29 bits per heavy atom. The van der Waals surface area contributed by atoms with E-state index in [0.717, 1.165) is 14.6 Å². The number of amides is 1. The van der Waals surface area contributed by atoms with Crippen molar-refractivity contribution in [1.29, 1.82) is 0 Å². The van der Waals surface area contributed by atoms with Crippen LogP contribution in [0.25, 0.3) is 0 Å². The molecule has 0 bridgehead atoms. The molecule has 2 aromatic rings. The summed E-state index contributed by atoms with van der Waals surface area (Å²) in [5, 5.41) is 0. The van der Waals surface area contributed by atoms with E-state index in [1.165, 1.54) is 11.8 Å². The van der Waals surface area contributed by atoms with Crippen molar-refractivity contribution in [3.63, 3.8) is 0 Å². The van der Waals surface area contributed by atoms with Crippen molar-refractivity contribution in [2.75, 3.05) is 5.75 Å². The van der Waals surface area contributed by atoms with Crippen molar-refractivity contribution in [3.05, 3.63) is 41.1 Å². The third kappa shape index (κ3) is 3.99. The number of hydrogen-bond acceptors (Lipinski definition) is 5. The first kappa shape index (κ1) is 12.3. The number of carbonyl (C=O) groups is 1. The molecular weight excluding hydrogens is 272 g/mol. The van der Waals surface area contributed by atoms with Crippen LogP contribution in [0.2, 0.25) is 0 Å². The summed E-state index contributed by atoms with van der Waals surface area (Å²) in [6, 6.07) is 11.8. The molecule has 0 aliphatic heterocycles. The molecule has 1 amide bonds. The first-order chi connectivity index (χ1) is 8.24. The fourth-order valence-corrected chi connectivity index (χ4v) is 4.40. The highest BCUT2D eigenvalue weighted by Crippen LogP contribution is 2.24. The minimum atomic E-state index is -0.296. The number of hydrogen-bond donors (Lipinski definition) is 1. The van der Waals surface area contributed by atoms with Gasteiger partial charge >= 0.3 is 0 Å². The van der Waals surface area contributed by atoms with Gasteiger partial charge < -0.3 is 5.73 Å². The molecule has 6 heteroatoms. The topological polar surface area (TPSA) is 55.5 Å². The standard InChI is InChI=1S/C11H10N2OS3/c12-9(14)7-15-11-6-10(16-17-11)13-8-4-2-1-3-5-8/h1-6H,7H2,(H2,12,14). The molecule has 1 aromatic carbocycles. The largest absolute Gasteiger partial charge is 0.369 e. The van der Waals surface area contributed by atoms with Gasteiger partial charge in [0.15, 0.2) is 0 Å². The average Bonchev–Trinajstić information content (AvgIpc) is 2.75. The average molecular weight is 282 g/mol. The molecule has 0 aliphatic rings. The minimum absolute atomic E-state index is 0.296. The lowest BCUT2D eigenvalue weighted by molar-refractivity contribution is -0.115. The summed E-state index contributed by atoms with van der Waals surface area (Å²) in [6.45, 7) is 0. The van der Waals surface area contributed by atoms with Crippen LogP contribution in [-0.4, -0.2) is 11.7 Å². The number of rotatable bonds is 4. The first-order valence-electron chi connectivity index (χ1n) is 4.85. The second-order valence-corrected chi connectivity index (χ2v) is 6.64. The Kier molecular flexibility index (Phi) is 4.36. The third-order valence-electron chi connectivity index (χ3n) is 1.80. The zero-order chi connectivity index (χ0) is 12.1. The molecule has 0 fully saturated rings. The van der Waals surface area contributed by atoms with Gasteiger partial charge in [0.1, 0.15) is 4.67 Å². The summed E-state index contributed by atoms with van der Waals surface area (Å²) in [4.78, 5) is 15.1. The van der Waals surface area contributed by atoms with Crippen LogP contribution >= 0.6 is 32.4 Å². The van der Waals surface area contributed by atoms with E-state index < -0.39 is 0 Å². The van der Waals surface area contributed by atoms with E-state index in [-0.39, 0.29) is 5.91 Å². The normalized spacial score (nSPS) is 11.6. The highest BCUT2D eigenvalue weighted by atomic mass is 32.9. The van der Waals surface area contributed by atoms with Crippen molar-refractivity contribution in [2.24, 2.45) is 10.7 Å². The van der Waals surface area contributed by atoms with Crippen molar-refractivity contribution in [1.82, 2.24) is 0 Å². The van der Waals surface area contributed by atoms with E-state index in [1.54, 1.807) is 20.7 Å². The van der Waals surface area contributed by atoms with Gasteiger partial charge in [-0.25, -0.2) is 4.99 Å². The van der Waals surface area contributed by atoms with Gasteiger partial charge in [0, 0.05) is 0 Å². The van der Waals surface area contributed by atoms with E-state index in [9.17, 15) is 4.79 Å². The number of benzene rings is 1. The number of carbonyl (C=O) groups excluding carboxylic acids is 1. The van der Waals surface area contributed by atoms with Crippen LogP contribution in [0.1, 0.15) is 0 Å². The molecule has 3 nitrogen and oxygen atoms in total. The fraction of sp³-hybridized carbons (Fsp3) is 0.0909. The van der Waals surface area contributed by atoms with Gasteiger partial charge in [0.2, 0.25) is 5.91 Å². The fourth-order valence-electron chi connectivity index (χ4n) is 1.12. The molecule has 1 aromatic heterocycles. The smallest absolute Gasteiger partial charge is 0.227 e. The highest BCUT2D eigenvalue weighted by molar-refractivity contribution is 8.03. The molecule has 0 atom stereocenters. The summed E-state index contributed by atoms with van der Waals surface area (Å²) >= 11 is 1.45. The van der Waals surface area contributed by atoms with Gasteiger partial charge in [-0.15, -0.1) is 11.8 Å². The number of thioether (sulfide) groups is 1. The lowest BCUT2D eigenvalue weighted by atomic mass is 10.3. The zero-order valence-electron chi connectivity index (χ0n) is 8.83. The lowest BCUT2D eigenvalue weighted by Gasteiger charge is -1.90. The highest BCUT2D eigenvalue weighted by Gasteiger charge is 2.00. The number of nitrogens with zero attached hydrogens (tertiary/aromatic N) is 1. The van der Waals surface area contributed by atoms with Crippen LogP contribution in [0.4, 0.5) is 5.69 Å². The summed E-state index contributed by atoms with van der Waals surface area (Å²) < 4.78 is 2.02. The molecule has 2 N–H and O–H groups in total. The number of primary amides is 1. The number of nitrogens with two attached hydrogens (primary N) is 1. The second-order valence-electron chi connectivity index (χ2n) is 3.17. The summed E-state index contributed by atoms with van der Waals surface area (Å²) in [7, 11) is 3.21. The molecule has 0 unspecified atom stereocenters. The molecule has 0 aliphatic carbocycles. The molecule has 0 saturated carbocycles. The van der Waals surface area contributed by atoms with Gasteiger partial charge in [-0.3, -0.25) is 4.79 Å². The van der Waals surface area contributed by atoms with Crippen molar-refractivity contribution < 1.29 is 4.79 Å². The Bertz CT molecular complexity index is 559. The summed E-state index contributed by atoms with van der Waals surface area (Å²) in [6.07, 6.45) is 0. The molecule has 88 valence electrons. The van der Waals surface area contributed by atoms with Crippen LogP contribution in [0.3, 0.4) is 0 Å². The van der Waals surface area contributed by atoms with Gasteiger partial charge in [-0.05, 0) is 18.2 Å². The van der Waals surface area contributed by atoms with E-state index in [0.29, 0.717) is 5.75 Å². The Morgan fingerprint density at radius 2 is 2.06 bits per heavy atom. The van der Waals surface area contributed by atoms with Crippen molar-refractivity contribution >= 4 is 44.0 Å². The molecule has 0 radical (unpaired) electrons. The zero-order valence-corrected chi connectivity index (χ0v) is 11.3. The first-order valence-corrected chi connectivity index (χ1v) is 7.98. The molecular formula is C11H10N2OS3. The summed E-state index contributed by atoms with van der Waals surface area (Å²) in [5.41, 5.74) is 6.03. The van der Waals surface area contributed by atoms with Crippen molar-refractivity contribution in [3.8, 4) is 0 Å². The maximum absolute atomic E-state index is 10.7. The van der Waals surface area contributed by atoms with Crippen LogP contribution in [0, 0.1) is 0 Å². The van der Waals surface area contributed by atoms with Crippen LogP contribution in [0.5, 0.6) is 0 Å².